The molecule has 2 aromatic heterocycles. The van der Waals surface area contributed by atoms with Gasteiger partial charge in [-0.2, -0.15) is 5.10 Å². The molecular formula is C19H24N8O2. The minimum atomic E-state index is -0.181. The second-order valence-electron chi connectivity index (χ2n) is 6.98. The van der Waals surface area contributed by atoms with Crippen LogP contribution in [0.3, 0.4) is 0 Å². The molecule has 1 saturated heterocycles. The molecule has 1 atom stereocenters. The third-order valence-corrected chi connectivity index (χ3v) is 4.87. The maximum Gasteiger partial charge on any atom is 0.242 e. The Bertz CT molecular complexity index is 933. The molecule has 1 aliphatic heterocycles. The van der Waals surface area contributed by atoms with Crippen LogP contribution in [0.4, 0.5) is 0 Å². The summed E-state index contributed by atoms with van der Waals surface area (Å²) in [6, 6.07) is 9.66. The Morgan fingerprint density at radius 3 is 2.83 bits per heavy atom. The smallest absolute Gasteiger partial charge is 0.242 e. The number of tetrazole rings is 1. The molecule has 0 spiro atoms. The zero-order chi connectivity index (χ0) is 20.1. The van der Waals surface area contributed by atoms with Gasteiger partial charge in [0.05, 0.1) is 37.7 Å². The van der Waals surface area contributed by atoms with Gasteiger partial charge in [0.15, 0.2) is 5.82 Å². The van der Waals surface area contributed by atoms with Crippen LogP contribution in [0.5, 0.6) is 0 Å². The number of ether oxygens (including phenoxy) is 1. The fourth-order valence-electron chi connectivity index (χ4n) is 3.21. The zero-order valence-electron chi connectivity index (χ0n) is 16.3. The highest BCUT2D eigenvalue weighted by Crippen LogP contribution is 2.14. The normalized spacial score (nSPS) is 15.9. The van der Waals surface area contributed by atoms with E-state index in [1.807, 2.05) is 43.5 Å². The van der Waals surface area contributed by atoms with Crippen molar-refractivity contribution in [2.45, 2.75) is 26.1 Å². The van der Waals surface area contributed by atoms with E-state index in [1.165, 1.54) is 0 Å². The molecule has 1 aromatic carbocycles. The Balaban J connectivity index is 1.34. The van der Waals surface area contributed by atoms with Gasteiger partial charge in [-0.15, -0.1) is 5.10 Å². The Kier molecular flexibility index (Phi) is 5.92. The van der Waals surface area contributed by atoms with Gasteiger partial charge in [0, 0.05) is 24.8 Å². The van der Waals surface area contributed by atoms with E-state index in [0.717, 1.165) is 24.3 Å². The van der Waals surface area contributed by atoms with Crippen LogP contribution in [0.25, 0.3) is 5.69 Å². The van der Waals surface area contributed by atoms with E-state index in [-0.39, 0.29) is 18.5 Å². The molecule has 4 rings (SSSR count). The van der Waals surface area contributed by atoms with Gasteiger partial charge in [0.25, 0.3) is 0 Å². The van der Waals surface area contributed by atoms with E-state index in [9.17, 15) is 4.79 Å². The van der Waals surface area contributed by atoms with Crippen LogP contribution in [0.15, 0.2) is 42.7 Å². The summed E-state index contributed by atoms with van der Waals surface area (Å²) in [4.78, 5) is 14.7. The third-order valence-electron chi connectivity index (χ3n) is 4.87. The van der Waals surface area contributed by atoms with E-state index in [4.69, 9.17) is 4.74 Å². The lowest BCUT2D eigenvalue weighted by Crippen LogP contribution is -2.37. The maximum absolute atomic E-state index is 12.5. The number of benzene rings is 1. The molecule has 10 heteroatoms. The maximum atomic E-state index is 12.5. The number of hydrogen-bond donors (Lipinski definition) is 1. The lowest BCUT2D eigenvalue weighted by molar-refractivity contribution is -0.122. The highest BCUT2D eigenvalue weighted by Gasteiger charge is 2.18. The summed E-state index contributed by atoms with van der Waals surface area (Å²) in [6.45, 7) is 5.68. The van der Waals surface area contributed by atoms with Crippen LogP contribution >= 0.6 is 0 Å². The topological polar surface area (TPSA) is 103 Å². The SMILES string of the molecule is C[C@@H](NC(=O)Cn1nnnc1CN1CCOCC1)c1cnn(-c2ccccc2)c1. The van der Waals surface area contributed by atoms with Gasteiger partial charge in [0.2, 0.25) is 5.91 Å². The molecular weight excluding hydrogens is 372 g/mol. The molecule has 0 radical (unpaired) electrons. The summed E-state index contributed by atoms with van der Waals surface area (Å²) < 4.78 is 8.70. The fraction of sp³-hybridized carbons (Fsp3) is 0.421. The first-order chi connectivity index (χ1) is 14.2. The predicted molar refractivity (Wildman–Crippen MR) is 104 cm³/mol. The van der Waals surface area contributed by atoms with Gasteiger partial charge in [-0.25, -0.2) is 9.36 Å². The standard InChI is InChI=1S/C19H24N8O2/c1-15(16-11-20-26(12-16)17-5-3-2-4-6-17)21-19(28)14-27-18(22-23-24-27)13-25-7-9-29-10-8-25/h2-6,11-12,15H,7-10,13-14H2,1H3,(H,21,28)/t15-/m1/s1. The van der Waals surface area contributed by atoms with Crippen LogP contribution < -0.4 is 5.32 Å². The first kappa shape index (κ1) is 19.2. The van der Waals surface area contributed by atoms with Crippen LogP contribution in [0.2, 0.25) is 0 Å². The molecule has 3 heterocycles. The number of carbonyl (C=O) groups excluding carboxylic acids is 1. The van der Waals surface area contributed by atoms with E-state index in [0.29, 0.717) is 25.6 Å². The van der Waals surface area contributed by atoms with Crippen molar-refractivity contribution < 1.29 is 9.53 Å². The van der Waals surface area contributed by atoms with Crippen molar-refractivity contribution in [1.29, 1.82) is 0 Å². The third kappa shape index (κ3) is 4.84. The Labute approximate surface area is 168 Å². The molecule has 29 heavy (non-hydrogen) atoms. The number of amides is 1. The van der Waals surface area contributed by atoms with Crippen molar-refractivity contribution in [2.75, 3.05) is 26.3 Å². The Morgan fingerprint density at radius 1 is 1.24 bits per heavy atom. The largest absolute Gasteiger partial charge is 0.379 e. The van der Waals surface area contributed by atoms with Crippen molar-refractivity contribution in [2.24, 2.45) is 0 Å². The molecule has 3 aromatic rings. The summed E-state index contributed by atoms with van der Waals surface area (Å²) in [5.74, 6) is 0.520. The molecule has 152 valence electrons. The number of nitrogens with zero attached hydrogens (tertiary/aromatic N) is 7. The van der Waals surface area contributed by atoms with E-state index in [2.05, 4.69) is 30.8 Å². The average Bonchev–Trinajstić information content (AvgIpc) is 3.40. The summed E-state index contributed by atoms with van der Waals surface area (Å²) in [5.41, 5.74) is 1.89. The van der Waals surface area contributed by atoms with Gasteiger partial charge in [-0.05, 0) is 29.5 Å². The van der Waals surface area contributed by atoms with E-state index in [1.54, 1.807) is 15.6 Å². The molecule has 0 bridgehead atoms. The quantitative estimate of drug-likeness (QED) is 0.623. The summed E-state index contributed by atoms with van der Waals surface area (Å²) in [7, 11) is 0. The molecule has 10 nitrogen and oxygen atoms in total. The van der Waals surface area contributed by atoms with Gasteiger partial charge in [-0.3, -0.25) is 9.69 Å². The van der Waals surface area contributed by atoms with Crippen molar-refractivity contribution in [3.63, 3.8) is 0 Å². The molecule has 1 aliphatic rings. The van der Waals surface area contributed by atoms with Crippen LogP contribution in [0, 0.1) is 0 Å². The number of morpholine rings is 1. The van der Waals surface area contributed by atoms with Gasteiger partial charge < -0.3 is 10.1 Å². The van der Waals surface area contributed by atoms with Crippen LogP contribution in [0.1, 0.15) is 24.4 Å². The van der Waals surface area contributed by atoms with Crippen molar-refractivity contribution in [3.05, 3.63) is 54.1 Å². The van der Waals surface area contributed by atoms with Gasteiger partial charge in [-0.1, -0.05) is 18.2 Å². The molecule has 0 saturated carbocycles. The lowest BCUT2D eigenvalue weighted by atomic mass is 10.2. The highest BCUT2D eigenvalue weighted by atomic mass is 16.5. The first-order valence-electron chi connectivity index (χ1n) is 9.63. The fourth-order valence-corrected chi connectivity index (χ4v) is 3.21. The van der Waals surface area contributed by atoms with Crippen molar-refractivity contribution in [3.8, 4) is 5.69 Å². The second-order valence-corrected chi connectivity index (χ2v) is 6.98. The number of rotatable bonds is 7. The van der Waals surface area contributed by atoms with Crippen LogP contribution in [-0.4, -0.2) is 67.1 Å². The lowest BCUT2D eigenvalue weighted by Gasteiger charge is -2.25. The number of aromatic nitrogens is 6. The van der Waals surface area contributed by atoms with Crippen LogP contribution in [-0.2, 0) is 22.6 Å². The minimum Gasteiger partial charge on any atom is -0.379 e. The minimum absolute atomic E-state index is 0.0732. The molecule has 0 unspecified atom stereocenters. The summed E-state index contributed by atoms with van der Waals surface area (Å²) in [5, 5.41) is 19.1. The Morgan fingerprint density at radius 2 is 2.03 bits per heavy atom. The zero-order valence-corrected chi connectivity index (χ0v) is 16.3. The first-order valence-corrected chi connectivity index (χ1v) is 9.63. The van der Waals surface area contributed by atoms with Crippen molar-refractivity contribution in [1.82, 2.24) is 40.2 Å². The summed E-state index contributed by atoms with van der Waals surface area (Å²) >= 11 is 0. The average molecular weight is 396 g/mol. The predicted octanol–water partition coefficient (Wildman–Crippen LogP) is 0.568. The molecule has 1 fully saturated rings. The van der Waals surface area contributed by atoms with E-state index < -0.39 is 0 Å². The number of hydrogen-bond acceptors (Lipinski definition) is 7. The monoisotopic (exact) mass is 396 g/mol. The molecule has 0 aliphatic carbocycles. The second kappa shape index (κ2) is 8.93. The van der Waals surface area contributed by atoms with E-state index >= 15 is 0 Å². The number of carbonyl (C=O) groups is 1. The molecule has 1 N–H and O–H groups in total. The Hall–Kier alpha value is -3.11. The molecule has 1 amide bonds. The highest BCUT2D eigenvalue weighted by molar-refractivity contribution is 5.76. The van der Waals surface area contributed by atoms with Gasteiger partial charge in [0.1, 0.15) is 6.54 Å². The number of para-hydroxylation sites is 1. The number of nitrogens with one attached hydrogen (secondary N) is 1. The summed E-state index contributed by atoms with van der Waals surface area (Å²) in [6.07, 6.45) is 3.68. The van der Waals surface area contributed by atoms with Gasteiger partial charge >= 0.3 is 0 Å². The van der Waals surface area contributed by atoms with Crippen molar-refractivity contribution >= 4 is 5.91 Å².